The van der Waals surface area contributed by atoms with Crippen LogP contribution < -0.4 is 5.73 Å². The Morgan fingerprint density at radius 2 is 1.30 bits per heavy atom. The summed E-state index contributed by atoms with van der Waals surface area (Å²) in [5, 5.41) is 8.40. The summed E-state index contributed by atoms with van der Waals surface area (Å²) in [6.45, 7) is 0. The van der Waals surface area contributed by atoms with Gasteiger partial charge in [0.1, 0.15) is 0 Å². The normalized spacial score (nSPS) is 11.0. The predicted molar refractivity (Wildman–Crippen MR) is 161 cm³/mol. The minimum Gasteiger partial charge on any atom is -0.481 e. The van der Waals surface area contributed by atoms with Crippen molar-refractivity contribution in [3.05, 3.63) is 126 Å². The van der Waals surface area contributed by atoms with Crippen molar-refractivity contribution in [2.24, 2.45) is 5.73 Å². The lowest BCUT2D eigenvalue weighted by Crippen LogP contribution is -2.12. The number of carbonyl (C=O) groups is 2. The quantitative estimate of drug-likeness (QED) is 0.164. The summed E-state index contributed by atoms with van der Waals surface area (Å²) in [6.07, 6.45) is -4.20. The number of hydrogen-bond donors (Lipinski definition) is 2. The molecule has 3 N–H and O–H groups in total. The number of halogens is 3. The van der Waals surface area contributed by atoms with Gasteiger partial charge in [-0.3, -0.25) is 9.59 Å². The molecule has 1 heterocycles. The molecule has 0 aliphatic rings. The van der Waals surface area contributed by atoms with Gasteiger partial charge in [0, 0.05) is 22.6 Å². The number of oxazole rings is 1. The van der Waals surface area contributed by atoms with E-state index in [0.717, 1.165) is 29.0 Å². The second-order valence-electron chi connectivity index (χ2n) is 9.26. The number of thioether (sulfide) groups is 1. The van der Waals surface area contributed by atoms with Crippen molar-refractivity contribution in [1.82, 2.24) is 4.98 Å². The minimum atomic E-state index is -4.45. The van der Waals surface area contributed by atoms with Crippen molar-refractivity contribution in [3.63, 3.8) is 0 Å². The molecule has 0 atom stereocenters. The number of amides is 1. The number of benzene rings is 4. The van der Waals surface area contributed by atoms with E-state index in [2.05, 4.69) is 4.98 Å². The van der Waals surface area contributed by atoms with Gasteiger partial charge in [-0.25, -0.2) is 4.98 Å². The van der Waals surface area contributed by atoms with E-state index >= 15 is 0 Å². The van der Waals surface area contributed by atoms with Crippen LogP contribution in [0.1, 0.15) is 28.0 Å². The first-order valence-electron chi connectivity index (χ1n) is 13.1. The zero-order valence-corrected chi connectivity index (χ0v) is 23.6. The minimum absolute atomic E-state index is 0.0136. The Labute approximate surface area is 250 Å². The van der Waals surface area contributed by atoms with E-state index in [4.69, 9.17) is 15.3 Å². The van der Waals surface area contributed by atoms with Gasteiger partial charge in [0.15, 0.2) is 11.5 Å². The zero-order chi connectivity index (χ0) is 30.8. The van der Waals surface area contributed by atoms with Gasteiger partial charge in [-0.1, -0.05) is 84.9 Å². The predicted octanol–water partition coefficient (Wildman–Crippen LogP) is 8.19. The number of primary amides is 1. The number of rotatable bonds is 9. The van der Waals surface area contributed by atoms with Crippen LogP contribution in [0.25, 0.3) is 33.9 Å². The van der Waals surface area contributed by atoms with Crippen molar-refractivity contribution in [2.75, 3.05) is 5.75 Å². The highest BCUT2D eigenvalue weighted by atomic mass is 32.2. The second-order valence-corrected chi connectivity index (χ2v) is 10.4. The van der Waals surface area contributed by atoms with Gasteiger partial charge < -0.3 is 15.3 Å². The highest BCUT2D eigenvalue weighted by Gasteiger charge is 2.30. The summed E-state index contributed by atoms with van der Waals surface area (Å²) in [6, 6.07) is 31.4. The van der Waals surface area contributed by atoms with Crippen molar-refractivity contribution in [1.29, 1.82) is 0 Å². The topological polar surface area (TPSA) is 106 Å². The Morgan fingerprint density at radius 3 is 1.86 bits per heavy atom. The molecule has 5 aromatic rings. The number of alkyl halides is 3. The summed E-state index contributed by atoms with van der Waals surface area (Å²) in [7, 11) is 0. The zero-order valence-electron chi connectivity index (χ0n) is 22.8. The number of carboxylic acids is 1. The van der Waals surface area contributed by atoms with E-state index in [1.54, 1.807) is 23.9 Å². The average Bonchev–Trinajstić information content (AvgIpc) is 3.47. The fourth-order valence-electron chi connectivity index (χ4n) is 3.98. The molecule has 43 heavy (non-hydrogen) atoms. The molecule has 0 unspecified atom stereocenters. The van der Waals surface area contributed by atoms with E-state index in [1.165, 1.54) is 17.7 Å². The van der Waals surface area contributed by atoms with Gasteiger partial charge in [-0.15, -0.1) is 0 Å². The van der Waals surface area contributed by atoms with Gasteiger partial charge >= 0.3 is 12.1 Å². The number of aliphatic carboxylic acids is 1. The summed E-state index contributed by atoms with van der Waals surface area (Å²) in [4.78, 5) is 26.2. The molecule has 0 aliphatic heterocycles. The van der Waals surface area contributed by atoms with Crippen LogP contribution in [-0.4, -0.2) is 27.7 Å². The molecule has 1 amide bonds. The molecular formula is C33H27F3N2O4S. The first-order valence-corrected chi connectivity index (χ1v) is 14.2. The summed E-state index contributed by atoms with van der Waals surface area (Å²) < 4.78 is 44.0. The third-order valence-electron chi connectivity index (χ3n) is 6.15. The standard InChI is InChI=1S/C23H15F3N2O2.C10H12O2S/c24-23(25,26)18-12-10-17(11-13-18)22-28-19(21(27)29)20(30-22)16-8-6-15(7-9-16)14-4-2-1-3-5-14;11-10(12)6-7-13-8-9-4-2-1-3-5-9/h1-13H,(H2,27,29);1-5H,6-8H2,(H,11,12). The van der Waals surface area contributed by atoms with Crippen LogP contribution in [0.3, 0.4) is 0 Å². The summed E-state index contributed by atoms with van der Waals surface area (Å²) in [5.74, 6) is 0.245. The van der Waals surface area contributed by atoms with Gasteiger partial charge in [0.25, 0.3) is 5.91 Å². The number of hydrogen-bond acceptors (Lipinski definition) is 5. The molecule has 0 bridgehead atoms. The molecule has 0 saturated heterocycles. The molecule has 0 spiro atoms. The molecular weight excluding hydrogens is 577 g/mol. The summed E-state index contributed by atoms with van der Waals surface area (Å²) >= 11 is 1.65. The van der Waals surface area contributed by atoms with Crippen molar-refractivity contribution < 1.29 is 32.3 Å². The van der Waals surface area contributed by atoms with Crippen LogP contribution >= 0.6 is 11.8 Å². The fraction of sp³-hybridized carbons (Fsp3) is 0.121. The highest BCUT2D eigenvalue weighted by Crippen LogP contribution is 2.34. The maximum absolute atomic E-state index is 12.8. The maximum atomic E-state index is 12.8. The van der Waals surface area contributed by atoms with E-state index in [1.807, 2.05) is 72.8 Å². The van der Waals surface area contributed by atoms with Crippen LogP contribution in [0.2, 0.25) is 0 Å². The lowest BCUT2D eigenvalue weighted by molar-refractivity contribution is -0.138. The van der Waals surface area contributed by atoms with Crippen LogP contribution in [0.15, 0.2) is 114 Å². The molecule has 5 rings (SSSR count). The lowest BCUT2D eigenvalue weighted by Gasteiger charge is -2.06. The van der Waals surface area contributed by atoms with Gasteiger partial charge in [0.2, 0.25) is 5.89 Å². The Morgan fingerprint density at radius 1 is 0.767 bits per heavy atom. The number of aromatic nitrogens is 1. The van der Waals surface area contributed by atoms with Crippen LogP contribution in [0.5, 0.6) is 0 Å². The first kappa shape index (κ1) is 31.1. The SMILES string of the molecule is NC(=O)c1nc(-c2ccc(C(F)(F)F)cc2)oc1-c1ccc(-c2ccccc2)cc1.O=C(O)CCSCc1ccccc1. The summed E-state index contributed by atoms with van der Waals surface area (Å²) in [5.41, 5.74) is 8.70. The Hall–Kier alpha value is -4.83. The van der Waals surface area contributed by atoms with Crippen LogP contribution in [0, 0.1) is 0 Å². The number of nitrogens with zero attached hydrogens (tertiary/aromatic N) is 1. The molecule has 6 nitrogen and oxygen atoms in total. The largest absolute Gasteiger partial charge is 0.481 e. The molecule has 0 radical (unpaired) electrons. The average molecular weight is 605 g/mol. The van der Waals surface area contributed by atoms with Gasteiger partial charge in [-0.2, -0.15) is 24.9 Å². The smallest absolute Gasteiger partial charge is 0.416 e. The van der Waals surface area contributed by atoms with E-state index in [0.29, 0.717) is 16.9 Å². The van der Waals surface area contributed by atoms with Gasteiger partial charge in [0.05, 0.1) is 12.0 Å². The van der Waals surface area contributed by atoms with Crippen molar-refractivity contribution in [2.45, 2.75) is 18.3 Å². The molecule has 0 fully saturated rings. The third kappa shape index (κ3) is 8.83. The number of carbonyl (C=O) groups excluding carboxylic acids is 1. The Kier molecular flexibility index (Phi) is 10.4. The van der Waals surface area contributed by atoms with E-state index < -0.39 is 23.6 Å². The molecule has 4 aromatic carbocycles. The number of carboxylic acid groups (broad SMARTS) is 1. The molecule has 220 valence electrons. The Bertz CT molecular complexity index is 1640. The lowest BCUT2D eigenvalue weighted by atomic mass is 10.0. The maximum Gasteiger partial charge on any atom is 0.416 e. The van der Waals surface area contributed by atoms with E-state index in [-0.39, 0.29) is 23.8 Å². The van der Waals surface area contributed by atoms with Crippen LogP contribution in [0.4, 0.5) is 13.2 Å². The highest BCUT2D eigenvalue weighted by molar-refractivity contribution is 7.98. The molecule has 0 aliphatic carbocycles. The van der Waals surface area contributed by atoms with Crippen molar-refractivity contribution >= 4 is 23.6 Å². The van der Waals surface area contributed by atoms with Gasteiger partial charge in [-0.05, 0) is 41.0 Å². The monoisotopic (exact) mass is 604 g/mol. The Balaban J connectivity index is 0.000000273. The first-order chi connectivity index (χ1) is 20.6. The third-order valence-corrected chi connectivity index (χ3v) is 7.18. The van der Waals surface area contributed by atoms with Crippen LogP contribution in [-0.2, 0) is 16.7 Å². The van der Waals surface area contributed by atoms with Crippen molar-refractivity contribution in [3.8, 4) is 33.9 Å². The fourth-order valence-corrected chi connectivity index (χ4v) is 4.87. The number of nitrogens with two attached hydrogens (primary N) is 1. The molecule has 0 saturated carbocycles. The molecule has 10 heteroatoms. The molecule has 1 aromatic heterocycles. The second kappa shape index (κ2) is 14.4. The van der Waals surface area contributed by atoms with E-state index in [9.17, 15) is 22.8 Å².